The summed E-state index contributed by atoms with van der Waals surface area (Å²) in [4.78, 5) is 0. The SMILES string of the molecule is CCNC(C)c1c(C)n[nH]c1C. The number of rotatable bonds is 3. The third-order valence-electron chi connectivity index (χ3n) is 2.13. The third-order valence-corrected chi connectivity index (χ3v) is 2.13. The van der Waals surface area contributed by atoms with E-state index in [1.165, 1.54) is 11.3 Å². The normalized spacial score (nSPS) is 13.3. The van der Waals surface area contributed by atoms with Crippen LogP contribution in [-0.4, -0.2) is 16.7 Å². The van der Waals surface area contributed by atoms with Gasteiger partial charge in [0.05, 0.1) is 5.69 Å². The fourth-order valence-corrected chi connectivity index (χ4v) is 1.61. The molecule has 0 fully saturated rings. The summed E-state index contributed by atoms with van der Waals surface area (Å²) in [6.45, 7) is 9.36. The number of nitrogens with zero attached hydrogens (tertiary/aromatic N) is 1. The van der Waals surface area contributed by atoms with E-state index in [1.54, 1.807) is 0 Å². The largest absolute Gasteiger partial charge is 0.310 e. The first-order chi connectivity index (χ1) is 5.66. The standard InChI is InChI=1S/C9H17N3/c1-5-10-6(2)9-7(3)11-12-8(9)4/h6,10H,5H2,1-4H3,(H,11,12). The van der Waals surface area contributed by atoms with Crippen LogP contribution >= 0.6 is 0 Å². The summed E-state index contributed by atoms with van der Waals surface area (Å²) < 4.78 is 0. The summed E-state index contributed by atoms with van der Waals surface area (Å²) in [7, 11) is 0. The Labute approximate surface area is 73.6 Å². The van der Waals surface area contributed by atoms with Gasteiger partial charge < -0.3 is 5.32 Å². The van der Waals surface area contributed by atoms with Crippen molar-refractivity contribution >= 4 is 0 Å². The molecule has 0 aromatic carbocycles. The zero-order valence-electron chi connectivity index (χ0n) is 8.23. The highest BCUT2D eigenvalue weighted by atomic mass is 15.1. The van der Waals surface area contributed by atoms with Crippen molar-refractivity contribution in [3.63, 3.8) is 0 Å². The molecule has 0 amide bonds. The van der Waals surface area contributed by atoms with E-state index in [2.05, 4.69) is 36.3 Å². The molecule has 1 atom stereocenters. The predicted molar refractivity (Wildman–Crippen MR) is 50.2 cm³/mol. The lowest BCUT2D eigenvalue weighted by molar-refractivity contribution is 0.593. The Bertz CT molecular complexity index is 233. The van der Waals surface area contributed by atoms with E-state index in [0.29, 0.717) is 6.04 Å². The fourth-order valence-electron chi connectivity index (χ4n) is 1.61. The minimum Gasteiger partial charge on any atom is -0.310 e. The van der Waals surface area contributed by atoms with Crippen LogP contribution in [0.5, 0.6) is 0 Å². The Morgan fingerprint density at radius 2 is 2.17 bits per heavy atom. The van der Waals surface area contributed by atoms with E-state index in [4.69, 9.17) is 0 Å². The van der Waals surface area contributed by atoms with Crippen molar-refractivity contribution in [2.75, 3.05) is 6.54 Å². The van der Waals surface area contributed by atoms with Gasteiger partial charge >= 0.3 is 0 Å². The second-order valence-electron chi connectivity index (χ2n) is 3.13. The Hall–Kier alpha value is -0.830. The van der Waals surface area contributed by atoms with Crippen LogP contribution in [0.15, 0.2) is 0 Å². The van der Waals surface area contributed by atoms with E-state index in [0.717, 1.165) is 12.2 Å². The molecule has 0 radical (unpaired) electrons. The maximum atomic E-state index is 4.15. The summed E-state index contributed by atoms with van der Waals surface area (Å²) in [5, 5.41) is 10.5. The van der Waals surface area contributed by atoms with Crippen molar-refractivity contribution in [3.8, 4) is 0 Å². The van der Waals surface area contributed by atoms with Gasteiger partial charge in [-0.05, 0) is 27.3 Å². The molecule has 1 unspecified atom stereocenters. The first-order valence-corrected chi connectivity index (χ1v) is 4.41. The quantitative estimate of drug-likeness (QED) is 0.719. The van der Waals surface area contributed by atoms with Crippen LogP contribution in [0.25, 0.3) is 0 Å². The summed E-state index contributed by atoms with van der Waals surface area (Å²) >= 11 is 0. The minimum atomic E-state index is 0.397. The van der Waals surface area contributed by atoms with Gasteiger partial charge in [-0.2, -0.15) is 5.10 Å². The first-order valence-electron chi connectivity index (χ1n) is 4.41. The van der Waals surface area contributed by atoms with Gasteiger partial charge in [-0.25, -0.2) is 0 Å². The molecule has 0 aliphatic carbocycles. The average Bonchev–Trinajstić information content (AvgIpc) is 2.32. The molecule has 68 valence electrons. The second kappa shape index (κ2) is 3.72. The summed E-state index contributed by atoms with van der Waals surface area (Å²) in [6.07, 6.45) is 0. The predicted octanol–water partition coefficient (Wildman–Crippen LogP) is 1.70. The minimum absolute atomic E-state index is 0.397. The van der Waals surface area contributed by atoms with E-state index in [9.17, 15) is 0 Å². The van der Waals surface area contributed by atoms with Crippen LogP contribution in [-0.2, 0) is 0 Å². The van der Waals surface area contributed by atoms with Gasteiger partial charge in [0.1, 0.15) is 0 Å². The Morgan fingerprint density at radius 1 is 1.50 bits per heavy atom. The summed E-state index contributed by atoms with van der Waals surface area (Å²) in [6, 6.07) is 0.397. The summed E-state index contributed by atoms with van der Waals surface area (Å²) in [5.41, 5.74) is 3.57. The van der Waals surface area contributed by atoms with E-state index in [1.807, 2.05) is 6.92 Å². The van der Waals surface area contributed by atoms with E-state index in [-0.39, 0.29) is 0 Å². The van der Waals surface area contributed by atoms with Gasteiger partial charge in [0.2, 0.25) is 0 Å². The molecule has 1 rings (SSSR count). The van der Waals surface area contributed by atoms with Crippen molar-refractivity contribution in [2.45, 2.75) is 33.7 Å². The summed E-state index contributed by atoms with van der Waals surface area (Å²) in [5.74, 6) is 0. The van der Waals surface area contributed by atoms with Crippen molar-refractivity contribution < 1.29 is 0 Å². The van der Waals surface area contributed by atoms with Crippen LogP contribution in [0.4, 0.5) is 0 Å². The third kappa shape index (κ3) is 1.67. The first kappa shape index (κ1) is 9.26. The van der Waals surface area contributed by atoms with Crippen LogP contribution < -0.4 is 5.32 Å². The topological polar surface area (TPSA) is 40.7 Å². The van der Waals surface area contributed by atoms with Crippen molar-refractivity contribution in [2.24, 2.45) is 0 Å². The number of hydrogen-bond donors (Lipinski definition) is 2. The maximum Gasteiger partial charge on any atom is 0.0641 e. The lowest BCUT2D eigenvalue weighted by Gasteiger charge is -2.12. The number of aryl methyl sites for hydroxylation is 2. The number of aromatic nitrogens is 2. The zero-order valence-corrected chi connectivity index (χ0v) is 8.23. The lowest BCUT2D eigenvalue weighted by atomic mass is 10.1. The number of H-pyrrole nitrogens is 1. The zero-order chi connectivity index (χ0) is 9.14. The van der Waals surface area contributed by atoms with Gasteiger partial charge in [-0.1, -0.05) is 6.92 Å². The molecule has 0 aliphatic rings. The molecule has 3 nitrogen and oxygen atoms in total. The molecule has 1 heterocycles. The monoisotopic (exact) mass is 167 g/mol. The van der Waals surface area contributed by atoms with Crippen LogP contribution in [0.3, 0.4) is 0 Å². The van der Waals surface area contributed by atoms with Crippen LogP contribution in [0, 0.1) is 13.8 Å². The fraction of sp³-hybridized carbons (Fsp3) is 0.667. The lowest BCUT2D eigenvalue weighted by Crippen LogP contribution is -2.18. The molecule has 0 saturated carbocycles. The highest BCUT2D eigenvalue weighted by Gasteiger charge is 2.12. The maximum absolute atomic E-state index is 4.15. The number of hydrogen-bond acceptors (Lipinski definition) is 2. The molecular formula is C9H17N3. The number of nitrogens with one attached hydrogen (secondary N) is 2. The Morgan fingerprint density at radius 3 is 2.58 bits per heavy atom. The molecule has 1 aromatic rings. The highest BCUT2D eigenvalue weighted by molar-refractivity contribution is 5.26. The Balaban J connectivity index is 2.85. The van der Waals surface area contributed by atoms with E-state index >= 15 is 0 Å². The van der Waals surface area contributed by atoms with Gasteiger partial charge in [0.15, 0.2) is 0 Å². The molecule has 0 aliphatic heterocycles. The molecule has 3 heteroatoms. The second-order valence-corrected chi connectivity index (χ2v) is 3.13. The molecule has 1 aromatic heterocycles. The molecule has 12 heavy (non-hydrogen) atoms. The van der Waals surface area contributed by atoms with Gasteiger partial charge in [0, 0.05) is 17.3 Å². The van der Waals surface area contributed by atoms with Gasteiger partial charge in [0.25, 0.3) is 0 Å². The van der Waals surface area contributed by atoms with Crippen molar-refractivity contribution in [3.05, 3.63) is 17.0 Å². The molecule has 0 spiro atoms. The Kier molecular flexibility index (Phi) is 2.87. The molecular weight excluding hydrogens is 150 g/mol. The average molecular weight is 167 g/mol. The smallest absolute Gasteiger partial charge is 0.0641 e. The van der Waals surface area contributed by atoms with Gasteiger partial charge in [-0.3, -0.25) is 5.10 Å². The van der Waals surface area contributed by atoms with Crippen molar-refractivity contribution in [1.82, 2.24) is 15.5 Å². The highest BCUT2D eigenvalue weighted by Crippen LogP contribution is 2.18. The van der Waals surface area contributed by atoms with E-state index < -0.39 is 0 Å². The van der Waals surface area contributed by atoms with Crippen LogP contribution in [0.2, 0.25) is 0 Å². The van der Waals surface area contributed by atoms with Gasteiger partial charge in [-0.15, -0.1) is 0 Å². The van der Waals surface area contributed by atoms with Crippen molar-refractivity contribution in [1.29, 1.82) is 0 Å². The molecule has 0 saturated heterocycles. The molecule has 2 N–H and O–H groups in total. The molecule has 0 bridgehead atoms. The number of aromatic amines is 1. The van der Waals surface area contributed by atoms with Crippen LogP contribution in [0.1, 0.15) is 36.8 Å².